The molecule has 2 atom stereocenters. The highest BCUT2D eigenvalue weighted by Crippen LogP contribution is 2.29. The van der Waals surface area contributed by atoms with Crippen LogP contribution in [0.15, 0.2) is 0 Å². The van der Waals surface area contributed by atoms with Crippen molar-refractivity contribution in [2.45, 2.75) is 72.2 Å². The van der Waals surface area contributed by atoms with E-state index in [-0.39, 0.29) is 11.5 Å². The molecule has 1 aliphatic carbocycles. The zero-order chi connectivity index (χ0) is 15.3. The fourth-order valence-corrected chi connectivity index (χ4v) is 2.09. The first kappa shape index (κ1) is 17.0. The first-order valence-corrected chi connectivity index (χ1v) is 7.30. The Morgan fingerprint density at radius 3 is 2.15 bits per heavy atom. The van der Waals surface area contributed by atoms with Crippen LogP contribution in [0.25, 0.3) is 0 Å². The van der Waals surface area contributed by atoms with Gasteiger partial charge in [-0.25, -0.2) is 0 Å². The minimum Gasteiger partial charge on any atom is -0.481 e. The summed E-state index contributed by atoms with van der Waals surface area (Å²) in [6.07, 6.45) is 4.80. The van der Waals surface area contributed by atoms with Gasteiger partial charge in [-0.2, -0.15) is 0 Å². The van der Waals surface area contributed by atoms with Crippen molar-refractivity contribution in [3.63, 3.8) is 0 Å². The van der Waals surface area contributed by atoms with E-state index in [9.17, 15) is 9.59 Å². The van der Waals surface area contributed by atoms with Gasteiger partial charge in [0.05, 0.1) is 6.10 Å². The third kappa shape index (κ3) is 5.12. The smallest absolute Gasteiger partial charge is 0.322 e. The number of carboxylic acid groups (broad SMARTS) is 1. The summed E-state index contributed by atoms with van der Waals surface area (Å²) in [5.74, 6) is -3.09. The summed E-state index contributed by atoms with van der Waals surface area (Å²) in [6, 6.07) is 0. The molecule has 0 amide bonds. The highest BCUT2D eigenvalue weighted by atomic mass is 16.7. The summed E-state index contributed by atoms with van der Waals surface area (Å²) in [5.41, 5.74) is -0.384. The van der Waals surface area contributed by atoms with Gasteiger partial charge in [-0.3, -0.25) is 9.59 Å². The molecule has 0 saturated heterocycles. The maximum Gasteiger partial charge on any atom is 0.322 e. The van der Waals surface area contributed by atoms with E-state index >= 15 is 0 Å². The third-order valence-electron chi connectivity index (χ3n) is 3.52. The Balaban J connectivity index is 2.65. The molecule has 1 N–H and O–H groups in total. The molecule has 0 aromatic carbocycles. The van der Waals surface area contributed by atoms with Crippen LogP contribution in [-0.4, -0.2) is 29.4 Å². The molecule has 0 aromatic heterocycles. The molecular weight excluding hydrogens is 260 g/mol. The second-order valence-electron chi connectivity index (χ2n) is 6.59. The van der Waals surface area contributed by atoms with E-state index in [1.165, 1.54) is 13.3 Å². The second kappa shape index (κ2) is 7.07. The van der Waals surface area contributed by atoms with Crippen LogP contribution in [0, 0.1) is 11.3 Å². The second-order valence-corrected chi connectivity index (χ2v) is 6.59. The molecule has 5 heteroatoms. The Labute approximate surface area is 120 Å². The normalized spacial score (nSPS) is 20.2. The maximum atomic E-state index is 11.8. The van der Waals surface area contributed by atoms with Gasteiger partial charge in [0, 0.05) is 5.41 Å². The summed E-state index contributed by atoms with van der Waals surface area (Å²) in [7, 11) is 0. The molecule has 1 saturated carbocycles. The van der Waals surface area contributed by atoms with Crippen LogP contribution in [0.1, 0.15) is 59.8 Å². The Kier molecular flexibility index (Phi) is 5.99. The lowest BCUT2D eigenvalue weighted by molar-refractivity contribution is -0.224. The highest BCUT2D eigenvalue weighted by Gasteiger charge is 2.34. The lowest BCUT2D eigenvalue weighted by atomic mass is 9.94. The van der Waals surface area contributed by atoms with Gasteiger partial charge >= 0.3 is 11.9 Å². The van der Waals surface area contributed by atoms with Crippen molar-refractivity contribution in [1.82, 2.24) is 0 Å². The molecule has 0 aliphatic heterocycles. The Morgan fingerprint density at radius 1 is 1.15 bits per heavy atom. The first-order valence-electron chi connectivity index (χ1n) is 7.30. The zero-order valence-corrected chi connectivity index (χ0v) is 12.8. The number of esters is 1. The van der Waals surface area contributed by atoms with Crippen molar-refractivity contribution in [1.29, 1.82) is 0 Å². The Morgan fingerprint density at radius 2 is 1.70 bits per heavy atom. The van der Waals surface area contributed by atoms with Gasteiger partial charge in [-0.05, 0) is 19.8 Å². The van der Waals surface area contributed by atoms with E-state index in [0.29, 0.717) is 0 Å². The third-order valence-corrected chi connectivity index (χ3v) is 3.52. The van der Waals surface area contributed by atoms with Crippen LogP contribution < -0.4 is 0 Å². The summed E-state index contributed by atoms with van der Waals surface area (Å²) >= 11 is 0. The summed E-state index contributed by atoms with van der Waals surface area (Å²) in [6.45, 7) is 7.07. The molecular formula is C15H26O5. The molecule has 1 fully saturated rings. The lowest BCUT2D eigenvalue weighted by Crippen LogP contribution is -2.40. The van der Waals surface area contributed by atoms with Crippen LogP contribution >= 0.6 is 0 Å². The summed E-state index contributed by atoms with van der Waals surface area (Å²) in [5, 5.41) is 8.85. The average Bonchev–Trinajstić information content (AvgIpc) is 2.37. The number of aliphatic carboxylic acids is 1. The van der Waals surface area contributed by atoms with Crippen LogP contribution in [0.5, 0.6) is 0 Å². The van der Waals surface area contributed by atoms with E-state index in [4.69, 9.17) is 14.6 Å². The van der Waals surface area contributed by atoms with Crippen LogP contribution in [-0.2, 0) is 19.1 Å². The number of carbonyl (C=O) groups excluding carboxylic acids is 1. The van der Waals surface area contributed by atoms with Crippen molar-refractivity contribution in [2.75, 3.05) is 0 Å². The Bertz CT molecular complexity index is 339. The summed E-state index contributed by atoms with van der Waals surface area (Å²) < 4.78 is 11.2. The topological polar surface area (TPSA) is 72.8 Å². The molecule has 0 spiro atoms. The molecule has 0 aromatic rings. The van der Waals surface area contributed by atoms with Gasteiger partial charge in [0.1, 0.15) is 0 Å². The van der Waals surface area contributed by atoms with Crippen molar-refractivity contribution >= 4 is 11.9 Å². The number of hydrogen-bond donors (Lipinski definition) is 1. The fraction of sp³-hybridized carbons (Fsp3) is 0.867. The van der Waals surface area contributed by atoms with Gasteiger partial charge in [0.2, 0.25) is 6.29 Å². The van der Waals surface area contributed by atoms with E-state index in [1.807, 2.05) is 20.8 Å². The van der Waals surface area contributed by atoms with Crippen molar-refractivity contribution in [2.24, 2.45) is 11.3 Å². The van der Waals surface area contributed by atoms with E-state index in [1.54, 1.807) is 0 Å². The van der Waals surface area contributed by atoms with Crippen molar-refractivity contribution < 1.29 is 24.2 Å². The van der Waals surface area contributed by atoms with Gasteiger partial charge in [0.25, 0.3) is 0 Å². The number of carbonyl (C=O) groups is 2. The van der Waals surface area contributed by atoms with Gasteiger partial charge in [-0.1, -0.05) is 40.0 Å². The molecule has 2 unspecified atom stereocenters. The predicted molar refractivity (Wildman–Crippen MR) is 74.1 cm³/mol. The van der Waals surface area contributed by atoms with Crippen LogP contribution in [0.3, 0.4) is 0 Å². The monoisotopic (exact) mass is 286 g/mol. The molecule has 0 heterocycles. The number of hydrogen-bond acceptors (Lipinski definition) is 4. The summed E-state index contributed by atoms with van der Waals surface area (Å²) in [4.78, 5) is 22.6. The highest BCUT2D eigenvalue weighted by molar-refractivity contribution is 5.93. The van der Waals surface area contributed by atoms with E-state index < -0.39 is 24.1 Å². The van der Waals surface area contributed by atoms with Gasteiger partial charge < -0.3 is 14.6 Å². The van der Waals surface area contributed by atoms with Crippen LogP contribution in [0.2, 0.25) is 0 Å². The molecule has 20 heavy (non-hydrogen) atoms. The maximum absolute atomic E-state index is 11.8. The molecule has 5 nitrogen and oxygen atoms in total. The number of carboxylic acids is 1. The molecule has 0 bridgehead atoms. The molecule has 116 valence electrons. The van der Waals surface area contributed by atoms with Crippen LogP contribution in [0.4, 0.5) is 0 Å². The predicted octanol–water partition coefficient (Wildman–Crippen LogP) is 2.97. The largest absolute Gasteiger partial charge is 0.481 e. The van der Waals surface area contributed by atoms with Gasteiger partial charge in [-0.15, -0.1) is 0 Å². The quantitative estimate of drug-likeness (QED) is 0.478. The number of rotatable bonds is 5. The van der Waals surface area contributed by atoms with E-state index in [2.05, 4.69) is 0 Å². The SMILES string of the molecule is CC(C(=O)O)C(=O)OC(OC1CCCCC1)C(C)(C)C. The van der Waals surface area contributed by atoms with Crippen molar-refractivity contribution in [3.8, 4) is 0 Å². The minimum atomic E-state index is -1.18. The molecule has 1 rings (SSSR count). The molecule has 1 aliphatic rings. The van der Waals surface area contributed by atoms with E-state index in [0.717, 1.165) is 25.7 Å². The number of ether oxygens (including phenoxy) is 2. The molecule has 0 radical (unpaired) electrons. The Hall–Kier alpha value is -1.10. The standard InChI is InChI=1S/C15H26O5/c1-10(12(16)17)13(18)20-14(15(2,3)4)19-11-8-6-5-7-9-11/h10-11,14H,5-9H2,1-4H3,(H,16,17). The zero-order valence-electron chi connectivity index (χ0n) is 12.8. The van der Waals surface area contributed by atoms with Gasteiger partial charge in [0.15, 0.2) is 5.92 Å². The van der Waals surface area contributed by atoms with Crippen molar-refractivity contribution in [3.05, 3.63) is 0 Å². The average molecular weight is 286 g/mol. The minimum absolute atomic E-state index is 0.0981. The first-order chi connectivity index (χ1) is 9.21. The lowest BCUT2D eigenvalue weighted by Gasteiger charge is -2.34. The fourth-order valence-electron chi connectivity index (χ4n) is 2.09.